The van der Waals surface area contributed by atoms with Gasteiger partial charge in [-0.15, -0.1) is 5.10 Å². The van der Waals surface area contributed by atoms with Crippen molar-refractivity contribution in [2.45, 2.75) is 52.7 Å². The van der Waals surface area contributed by atoms with Crippen molar-refractivity contribution >= 4 is 5.97 Å². The van der Waals surface area contributed by atoms with Gasteiger partial charge in [0.25, 0.3) is 0 Å². The van der Waals surface area contributed by atoms with E-state index < -0.39 is 11.4 Å². The van der Waals surface area contributed by atoms with Gasteiger partial charge in [-0.1, -0.05) is 6.92 Å². The standard InChI is InChI=1S/C13H22N4O3/c1-3-20-8-11-14-15-16-17(11)9-13(12(18)19)6-4-10(2)5-7-13/h10H,3-9H2,1-2H3,(H,18,19). The largest absolute Gasteiger partial charge is 0.481 e. The average molecular weight is 282 g/mol. The number of hydrogen-bond donors (Lipinski definition) is 1. The Balaban J connectivity index is 2.13. The van der Waals surface area contributed by atoms with Crippen molar-refractivity contribution in [2.75, 3.05) is 6.61 Å². The lowest BCUT2D eigenvalue weighted by Gasteiger charge is -2.35. The second kappa shape index (κ2) is 6.30. The first-order chi connectivity index (χ1) is 9.57. The lowest BCUT2D eigenvalue weighted by atomic mass is 9.71. The van der Waals surface area contributed by atoms with Gasteiger partial charge in [0.05, 0.1) is 12.0 Å². The second-order valence-electron chi connectivity index (χ2n) is 5.66. The molecule has 0 amide bonds. The highest BCUT2D eigenvalue weighted by atomic mass is 16.5. The summed E-state index contributed by atoms with van der Waals surface area (Å²) in [6.07, 6.45) is 3.24. The molecule has 0 bridgehead atoms. The van der Waals surface area contributed by atoms with Crippen LogP contribution in [0, 0.1) is 11.3 Å². The first kappa shape index (κ1) is 14.9. The fourth-order valence-electron chi connectivity index (χ4n) is 2.68. The zero-order chi connectivity index (χ0) is 14.6. The second-order valence-corrected chi connectivity index (χ2v) is 5.66. The molecule has 1 heterocycles. The van der Waals surface area contributed by atoms with Gasteiger partial charge in [-0.3, -0.25) is 4.79 Å². The fraction of sp³-hybridized carbons (Fsp3) is 0.846. The van der Waals surface area contributed by atoms with E-state index in [0.717, 1.165) is 12.8 Å². The van der Waals surface area contributed by atoms with Crippen LogP contribution in [-0.2, 0) is 22.7 Å². The maximum absolute atomic E-state index is 11.7. The Morgan fingerprint density at radius 1 is 1.50 bits per heavy atom. The fourth-order valence-corrected chi connectivity index (χ4v) is 2.68. The number of carboxylic acids is 1. The molecule has 0 unspecified atom stereocenters. The lowest BCUT2D eigenvalue weighted by molar-refractivity contribution is -0.153. The third kappa shape index (κ3) is 3.15. The molecule has 7 heteroatoms. The Labute approximate surface area is 118 Å². The van der Waals surface area contributed by atoms with E-state index in [0.29, 0.717) is 44.3 Å². The molecule has 20 heavy (non-hydrogen) atoms. The van der Waals surface area contributed by atoms with Gasteiger partial charge in [-0.25, -0.2) is 4.68 Å². The van der Waals surface area contributed by atoms with Crippen LogP contribution in [0.2, 0.25) is 0 Å². The summed E-state index contributed by atoms with van der Waals surface area (Å²) < 4.78 is 6.89. The van der Waals surface area contributed by atoms with Crippen molar-refractivity contribution < 1.29 is 14.6 Å². The molecule has 0 saturated heterocycles. The topological polar surface area (TPSA) is 90.1 Å². The minimum absolute atomic E-state index is 0.315. The number of tetrazole rings is 1. The average Bonchev–Trinajstić information content (AvgIpc) is 2.86. The third-order valence-corrected chi connectivity index (χ3v) is 4.18. The first-order valence-electron chi connectivity index (χ1n) is 7.13. The highest BCUT2D eigenvalue weighted by Crippen LogP contribution is 2.40. The van der Waals surface area contributed by atoms with E-state index in [1.54, 1.807) is 4.68 Å². The Morgan fingerprint density at radius 3 is 2.80 bits per heavy atom. The van der Waals surface area contributed by atoms with Crippen molar-refractivity contribution in [3.05, 3.63) is 5.82 Å². The first-order valence-corrected chi connectivity index (χ1v) is 7.13. The van der Waals surface area contributed by atoms with Crippen LogP contribution >= 0.6 is 0 Å². The molecule has 1 aliphatic carbocycles. The Kier molecular flexibility index (Phi) is 4.69. The number of hydrogen-bond acceptors (Lipinski definition) is 5. The molecule has 112 valence electrons. The van der Waals surface area contributed by atoms with Gasteiger partial charge in [0.1, 0.15) is 6.61 Å². The quantitative estimate of drug-likeness (QED) is 0.850. The van der Waals surface area contributed by atoms with Crippen LogP contribution in [0.5, 0.6) is 0 Å². The van der Waals surface area contributed by atoms with Crippen molar-refractivity contribution in [3.8, 4) is 0 Å². The summed E-state index contributed by atoms with van der Waals surface area (Å²) in [5.74, 6) is 0.438. The number of rotatable bonds is 6. The zero-order valence-corrected chi connectivity index (χ0v) is 12.1. The molecule has 1 N–H and O–H groups in total. The van der Waals surface area contributed by atoms with Crippen molar-refractivity contribution in [3.63, 3.8) is 0 Å². The maximum Gasteiger partial charge on any atom is 0.311 e. The molecule has 0 radical (unpaired) electrons. The minimum atomic E-state index is -0.748. The number of carbonyl (C=O) groups is 1. The monoisotopic (exact) mass is 282 g/mol. The molecular weight excluding hydrogens is 260 g/mol. The van der Waals surface area contributed by atoms with E-state index in [4.69, 9.17) is 4.74 Å². The van der Waals surface area contributed by atoms with E-state index in [2.05, 4.69) is 22.4 Å². The van der Waals surface area contributed by atoms with Gasteiger partial charge in [0.15, 0.2) is 5.82 Å². The zero-order valence-electron chi connectivity index (χ0n) is 12.1. The van der Waals surface area contributed by atoms with Crippen molar-refractivity contribution in [2.24, 2.45) is 11.3 Å². The van der Waals surface area contributed by atoms with Gasteiger partial charge in [-0.05, 0) is 49.0 Å². The van der Waals surface area contributed by atoms with Gasteiger partial charge in [0, 0.05) is 6.61 Å². The Bertz CT molecular complexity index is 452. The molecule has 1 aliphatic rings. The van der Waals surface area contributed by atoms with Crippen molar-refractivity contribution in [1.29, 1.82) is 0 Å². The van der Waals surface area contributed by atoms with E-state index in [9.17, 15) is 9.90 Å². The molecule has 1 fully saturated rings. The molecule has 0 spiro atoms. The molecule has 2 rings (SSSR count). The molecule has 0 atom stereocenters. The van der Waals surface area contributed by atoms with Crippen LogP contribution in [-0.4, -0.2) is 37.9 Å². The van der Waals surface area contributed by atoms with E-state index >= 15 is 0 Å². The number of ether oxygens (including phenoxy) is 1. The van der Waals surface area contributed by atoms with Crippen LogP contribution in [0.1, 0.15) is 45.4 Å². The molecule has 1 aromatic rings. The normalized spacial score (nSPS) is 26.6. The molecule has 1 saturated carbocycles. The maximum atomic E-state index is 11.7. The van der Waals surface area contributed by atoms with Crippen LogP contribution in [0.25, 0.3) is 0 Å². The van der Waals surface area contributed by atoms with Gasteiger partial charge in [0.2, 0.25) is 0 Å². The molecule has 7 nitrogen and oxygen atoms in total. The minimum Gasteiger partial charge on any atom is -0.481 e. The highest BCUT2D eigenvalue weighted by molar-refractivity contribution is 5.74. The summed E-state index contributed by atoms with van der Waals surface area (Å²) in [6, 6.07) is 0. The van der Waals surface area contributed by atoms with E-state index in [-0.39, 0.29) is 0 Å². The van der Waals surface area contributed by atoms with E-state index in [1.807, 2.05) is 6.92 Å². The number of nitrogens with zero attached hydrogens (tertiary/aromatic N) is 4. The molecule has 1 aromatic heterocycles. The summed E-state index contributed by atoms with van der Waals surface area (Å²) in [6.45, 7) is 5.28. The molecule has 0 aromatic carbocycles. The van der Waals surface area contributed by atoms with Crippen LogP contribution < -0.4 is 0 Å². The van der Waals surface area contributed by atoms with Crippen LogP contribution in [0.4, 0.5) is 0 Å². The smallest absolute Gasteiger partial charge is 0.311 e. The van der Waals surface area contributed by atoms with Crippen molar-refractivity contribution in [1.82, 2.24) is 20.2 Å². The highest BCUT2D eigenvalue weighted by Gasteiger charge is 2.42. The van der Waals surface area contributed by atoms with Gasteiger partial charge >= 0.3 is 5.97 Å². The van der Waals surface area contributed by atoms with E-state index in [1.165, 1.54) is 0 Å². The third-order valence-electron chi connectivity index (χ3n) is 4.18. The summed E-state index contributed by atoms with van der Waals surface area (Å²) in [5.41, 5.74) is -0.747. The van der Waals surface area contributed by atoms with Gasteiger partial charge in [-0.2, -0.15) is 0 Å². The summed E-state index contributed by atoms with van der Waals surface area (Å²) in [4.78, 5) is 11.7. The Hall–Kier alpha value is -1.50. The number of carboxylic acid groups (broad SMARTS) is 1. The summed E-state index contributed by atoms with van der Waals surface area (Å²) in [5, 5.41) is 21.1. The number of aliphatic carboxylic acids is 1. The van der Waals surface area contributed by atoms with Crippen LogP contribution in [0.3, 0.4) is 0 Å². The number of aromatic nitrogens is 4. The predicted octanol–water partition coefficient (Wildman–Crippen LogP) is 1.49. The summed E-state index contributed by atoms with van der Waals surface area (Å²) >= 11 is 0. The lowest BCUT2D eigenvalue weighted by Crippen LogP contribution is -2.39. The Morgan fingerprint density at radius 2 is 2.20 bits per heavy atom. The molecule has 0 aliphatic heterocycles. The van der Waals surface area contributed by atoms with Gasteiger partial charge < -0.3 is 9.84 Å². The SMILES string of the molecule is CCOCc1nnnn1CC1(C(=O)O)CCC(C)CC1. The molecular formula is C13H22N4O3. The van der Waals surface area contributed by atoms with Crippen LogP contribution in [0.15, 0.2) is 0 Å². The predicted molar refractivity (Wildman–Crippen MR) is 70.8 cm³/mol. The summed E-state index contributed by atoms with van der Waals surface area (Å²) in [7, 11) is 0.